The molecule has 0 radical (unpaired) electrons. The van der Waals surface area contributed by atoms with Crippen LogP contribution in [0.2, 0.25) is 0 Å². The van der Waals surface area contributed by atoms with Gasteiger partial charge in [-0.3, -0.25) is 0 Å². The molecule has 0 aromatic heterocycles. The van der Waals surface area contributed by atoms with E-state index >= 15 is 0 Å². The molecule has 1 heterocycles. The fraction of sp³-hybridized carbons (Fsp3) is 0.333. The predicted octanol–water partition coefficient (Wildman–Crippen LogP) is 6.97. The third-order valence-electron chi connectivity index (χ3n) is 6.74. The van der Waals surface area contributed by atoms with Gasteiger partial charge in [0, 0.05) is 19.0 Å². The third kappa shape index (κ3) is 5.63. The SMILES string of the molecule is COc1ccc([C@H]2CNC/C(=C/c3ccc(Oc4ccccc4)cc3)C2)cc1OC1CCCC1. The molecule has 2 aliphatic rings. The lowest BCUT2D eigenvalue weighted by Gasteiger charge is -2.27. The lowest BCUT2D eigenvalue weighted by atomic mass is 9.88. The summed E-state index contributed by atoms with van der Waals surface area (Å²) in [6, 6.07) is 24.6. The van der Waals surface area contributed by atoms with E-state index in [4.69, 9.17) is 14.2 Å². The van der Waals surface area contributed by atoms with E-state index in [0.717, 1.165) is 55.4 Å². The highest BCUT2D eigenvalue weighted by molar-refractivity contribution is 5.55. The van der Waals surface area contributed by atoms with Crippen LogP contribution in [0.4, 0.5) is 0 Å². The highest BCUT2D eigenvalue weighted by atomic mass is 16.5. The first-order valence-electron chi connectivity index (χ1n) is 12.3. The van der Waals surface area contributed by atoms with Crippen molar-refractivity contribution in [2.45, 2.75) is 44.1 Å². The Labute approximate surface area is 202 Å². The van der Waals surface area contributed by atoms with Gasteiger partial charge < -0.3 is 19.5 Å². The molecule has 3 aromatic rings. The summed E-state index contributed by atoms with van der Waals surface area (Å²) in [7, 11) is 1.72. The molecular weight excluding hydrogens is 422 g/mol. The molecule has 0 amide bonds. The molecule has 5 rings (SSSR count). The summed E-state index contributed by atoms with van der Waals surface area (Å²) in [5.74, 6) is 3.83. The fourth-order valence-electron chi connectivity index (χ4n) is 4.93. The number of ether oxygens (including phenoxy) is 3. The molecule has 0 spiro atoms. The molecule has 2 fully saturated rings. The Balaban J connectivity index is 1.27. The molecule has 176 valence electrons. The van der Waals surface area contributed by atoms with Gasteiger partial charge in [0.2, 0.25) is 0 Å². The minimum Gasteiger partial charge on any atom is -0.493 e. The summed E-state index contributed by atoms with van der Waals surface area (Å²) in [6.07, 6.45) is 8.44. The molecular formula is C30H33NO3. The maximum Gasteiger partial charge on any atom is 0.161 e. The van der Waals surface area contributed by atoms with Crippen LogP contribution in [0, 0.1) is 0 Å². The first-order valence-corrected chi connectivity index (χ1v) is 12.3. The molecule has 0 unspecified atom stereocenters. The summed E-state index contributed by atoms with van der Waals surface area (Å²) in [5.41, 5.74) is 3.90. The average molecular weight is 456 g/mol. The van der Waals surface area contributed by atoms with Gasteiger partial charge in [-0.25, -0.2) is 0 Å². The number of piperidine rings is 1. The van der Waals surface area contributed by atoms with Crippen molar-refractivity contribution >= 4 is 6.08 Å². The molecule has 1 aliphatic heterocycles. The Hall–Kier alpha value is -3.24. The average Bonchev–Trinajstić information content (AvgIpc) is 3.39. The summed E-state index contributed by atoms with van der Waals surface area (Å²) in [5, 5.41) is 3.60. The summed E-state index contributed by atoms with van der Waals surface area (Å²) < 4.78 is 17.8. The Morgan fingerprint density at radius 1 is 0.853 bits per heavy atom. The molecule has 4 nitrogen and oxygen atoms in total. The van der Waals surface area contributed by atoms with Crippen LogP contribution < -0.4 is 19.5 Å². The van der Waals surface area contributed by atoms with Crippen LogP contribution in [0.25, 0.3) is 6.08 Å². The zero-order valence-electron chi connectivity index (χ0n) is 19.8. The van der Waals surface area contributed by atoms with Gasteiger partial charge in [-0.2, -0.15) is 0 Å². The summed E-state index contributed by atoms with van der Waals surface area (Å²) >= 11 is 0. The Kier molecular flexibility index (Phi) is 7.16. The van der Waals surface area contributed by atoms with Gasteiger partial charge in [0.05, 0.1) is 13.2 Å². The van der Waals surface area contributed by atoms with E-state index in [1.807, 2.05) is 42.5 Å². The van der Waals surface area contributed by atoms with E-state index in [9.17, 15) is 0 Å². The molecule has 1 saturated carbocycles. The minimum absolute atomic E-state index is 0.318. The second-order valence-electron chi connectivity index (χ2n) is 9.25. The third-order valence-corrected chi connectivity index (χ3v) is 6.74. The van der Waals surface area contributed by atoms with Gasteiger partial charge in [0.1, 0.15) is 11.5 Å². The van der Waals surface area contributed by atoms with Crippen molar-refractivity contribution in [1.29, 1.82) is 0 Å². The van der Waals surface area contributed by atoms with Gasteiger partial charge in [0.25, 0.3) is 0 Å². The first-order chi connectivity index (χ1) is 16.8. The van der Waals surface area contributed by atoms with Gasteiger partial charge in [-0.05, 0) is 79.6 Å². The Bertz CT molecular complexity index is 1100. The van der Waals surface area contributed by atoms with Crippen molar-refractivity contribution < 1.29 is 14.2 Å². The standard InChI is InChI=1S/C30H33NO3/c1-32-29-16-13-24(19-30(29)34-27-9-5-6-10-27)25-18-23(20-31-21-25)17-22-11-14-28(15-12-22)33-26-7-3-2-4-8-26/h2-4,7-8,11-17,19,25,27,31H,5-6,9-10,18,20-21H2,1H3/b23-17+/t25-/m1/s1. The molecule has 1 aliphatic carbocycles. The second-order valence-corrected chi connectivity index (χ2v) is 9.25. The zero-order chi connectivity index (χ0) is 23.2. The number of nitrogens with one attached hydrogen (secondary N) is 1. The van der Waals surface area contributed by atoms with Crippen molar-refractivity contribution in [3.8, 4) is 23.0 Å². The van der Waals surface area contributed by atoms with Gasteiger partial charge in [0.15, 0.2) is 11.5 Å². The number of hydrogen-bond donors (Lipinski definition) is 1. The van der Waals surface area contributed by atoms with Crippen molar-refractivity contribution in [2.24, 2.45) is 0 Å². The Morgan fingerprint density at radius 3 is 2.38 bits per heavy atom. The fourth-order valence-corrected chi connectivity index (χ4v) is 4.93. The number of methoxy groups -OCH3 is 1. The van der Waals surface area contributed by atoms with E-state index in [1.165, 1.54) is 29.5 Å². The molecule has 1 atom stereocenters. The topological polar surface area (TPSA) is 39.7 Å². The van der Waals surface area contributed by atoms with Crippen LogP contribution in [-0.4, -0.2) is 26.3 Å². The van der Waals surface area contributed by atoms with Crippen molar-refractivity contribution in [1.82, 2.24) is 5.32 Å². The van der Waals surface area contributed by atoms with Gasteiger partial charge in [-0.1, -0.05) is 48.0 Å². The maximum absolute atomic E-state index is 6.33. The van der Waals surface area contributed by atoms with E-state index in [1.54, 1.807) is 7.11 Å². The largest absolute Gasteiger partial charge is 0.493 e. The van der Waals surface area contributed by atoms with E-state index in [-0.39, 0.29) is 0 Å². The summed E-state index contributed by atoms with van der Waals surface area (Å²) in [6.45, 7) is 1.89. The number of hydrogen-bond acceptors (Lipinski definition) is 4. The smallest absolute Gasteiger partial charge is 0.161 e. The molecule has 1 N–H and O–H groups in total. The van der Waals surface area contributed by atoms with E-state index in [2.05, 4.69) is 41.7 Å². The van der Waals surface area contributed by atoms with Crippen LogP contribution in [0.15, 0.2) is 78.4 Å². The van der Waals surface area contributed by atoms with Crippen molar-refractivity contribution in [3.05, 3.63) is 89.5 Å². The van der Waals surface area contributed by atoms with Crippen LogP contribution >= 0.6 is 0 Å². The minimum atomic E-state index is 0.318. The lowest BCUT2D eigenvalue weighted by Crippen LogP contribution is -2.30. The molecule has 1 saturated heterocycles. The predicted molar refractivity (Wildman–Crippen MR) is 137 cm³/mol. The zero-order valence-corrected chi connectivity index (χ0v) is 19.8. The number of rotatable bonds is 7. The molecule has 3 aromatic carbocycles. The monoisotopic (exact) mass is 455 g/mol. The lowest BCUT2D eigenvalue weighted by molar-refractivity contribution is 0.200. The Morgan fingerprint density at radius 2 is 1.62 bits per heavy atom. The first kappa shape index (κ1) is 22.5. The van der Waals surface area contributed by atoms with Crippen molar-refractivity contribution in [3.63, 3.8) is 0 Å². The van der Waals surface area contributed by atoms with E-state index < -0.39 is 0 Å². The molecule has 34 heavy (non-hydrogen) atoms. The molecule has 4 heteroatoms. The van der Waals surface area contributed by atoms with Crippen LogP contribution in [0.5, 0.6) is 23.0 Å². The highest BCUT2D eigenvalue weighted by Crippen LogP contribution is 2.36. The quantitative estimate of drug-likeness (QED) is 0.418. The van der Waals surface area contributed by atoms with Gasteiger partial charge >= 0.3 is 0 Å². The molecule has 0 bridgehead atoms. The van der Waals surface area contributed by atoms with E-state index in [0.29, 0.717) is 12.0 Å². The number of benzene rings is 3. The normalized spacial score (nSPS) is 19.8. The van der Waals surface area contributed by atoms with Gasteiger partial charge in [-0.15, -0.1) is 0 Å². The van der Waals surface area contributed by atoms with Crippen molar-refractivity contribution in [2.75, 3.05) is 20.2 Å². The maximum atomic E-state index is 6.33. The van der Waals surface area contributed by atoms with Crippen LogP contribution in [0.3, 0.4) is 0 Å². The van der Waals surface area contributed by atoms with Crippen LogP contribution in [0.1, 0.15) is 49.1 Å². The number of para-hydroxylation sites is 1. The van der Waals surface area contributed by atoms with Crippen LogP contribution in [-0.2, 0) is 0 Å². The second kappa shape index (κ2) is 10.8. The summed E-state index contributed by atoms with van der Waals surface area (Å²) in [4.78, 5) is 0. The highest BCUT2D eigenvalue weighted by Gasteiger charge is 2.22.